The number of halogens is 6. The fraction of sp³-hybridized carbons (Fsp3) is 0.806. The van der Waals surface area contributed by atoms with Gasteiger partial charge in [0.2, 0.25) is 6.79 Å². The predicted octanol–water partition coefficient (Wildman–Crippen LogP) is 3.42. The van der Waals surface area contributed by atoms with E-state index in [1.54, 1.807) is 27.7 Å². The molecule has 0 heterocycles. The van der Waals surface area contributed by atoms with Gasteiger partial charge in [0.25, 0.3) is 0 Å². The van der Waals surface area contributed by atoms with Crippen LogP contribution in [-0.2, 0) is 87.5 Å². The summed E-state index contributed by atoms with van der Waals surface area (Å²) in [5.41, 5.74) is 0. The summed E-state index contributed by atoms with van der Waals surface area (Å²) in [5, 5.41) is -15.5. The van der Waals surface area contributed by atoms with Gasteiger partial charge in [-0.1, -0.05) is 63.8 Å². The van der Waals surface area contributed by atoms with Crippen molar-refractivity contribution in [1.82, 2.24) is 0 Å². The van der Waals surface area contributed by atoms with E-state index < -0.39 is 120 Å². The monoisotopic (exact) mass is 971 g/mol. The zero-order valence-electron chi connectivity index (χ0n) is 31.4. The minimum Gasteiger partial charge on any atom is -0.743 e. The minimum atomic E-state index is -6.17. The Morgan fingerprint density at radius 3 is 0.967 bits per heavy atom. The molecule has 0 fully saturated rings. The molecular weight excluding hydrogens is 919 g/mol. The lowest BCUT2D eigenvalue weighted by Crippen LogP contribution is -2.39. The highest BCUT2D eigenvalue weighted by atomic mass is 32.2. The molecule has 366 valence electrons. The first-order valence-electron chi connectivity index (χ1n) is 16.1. The second-order valence-corrected chi connectivity index (χ2v) is 15.4. The van der Waals surface area contributed by atoms with E-state index in [1.165, 1.54) is 6.92 Å². The van der Waals surface area contributed by atoms with Crippen LogP contribution in [0.25, 0.3) is 0 Å². The zero-order chi connectivity index (χ0) is 46.5. The minimum absolute atomic E-state index is 0. The summed E-state index contributed by atoms with van der Waals surface area (Å²) in [6, 6.07) is 0. The molecule has 0 amide bonds. The molecule has 61 heavy (non-hydrogen) atoms. The molecule has 3 unspecified atom stereocenters. The number of rotatable bonds is 22. The van der Waals surface area contributed by atoms with Crippen molar-refractivity contribution >= 4 is 66.2 Å². The molecule has 0 radical (unpaired) electrons. The third-order valence-electron chi connectivity index (χ3n) is 6.67. The second kappa shape index (κ2) is 30.2. The van der Waals surface area contributed by atoms with Gasteiger partial charge < -0.3 is 42.1 Å². The molecule has 0 aromatic rings. The van der Waals surface area contributed by atoms with Gasteiger partial charge in [-0.15, -0.1) is 0 Å². The highest BCUT2D eigenvalue weighted by Crippen LogP contribution is 2.24. The molecule has 0 rings (SSSR count). The number of carbonyl (C=O) groups excluding carboxylic acids is 6. The number of hydrogen-bond acceptors (Lipinski definition) is 21. The molecule has 0 aromatic carbocycles. The average Bonchev–Trinajstić information content (AvgIpc) is 3.11. The van der Waals surface area contributed by atoms with Gasteiger partial charge >= 0.3 is 51.6 Å². The van der Waals surface area contributed by atoms with Gasteiger partial charge in [-0.05, 0) is 32.1 Å². The summed E-state index contributed by atoms with van der Waals surface area (Å²) in [6.45, 7) is 7.01. The van der Waals surface area contributed by atoms with E-state index in [0.29, 0.717) is 19.3 Å². The summed E-state index contributed by atoms with van der Waals surface area (Å²) in [7, 11) is -18.4. The standard InChI is InChI=1S/C11H18F2O7S.C9H14F2O7S.C8H12F2O7S.3CH4/c1-3-8(2)9(14)19-6-4-5-7-20-10(15)11(12,13)21(16,17)18;1-3-6(2)7(12)17-4-5-18-8(13)9(10,11)19(14,15)16;1-3-5(2)6(11)16-4-17-7(12)8(9,10)18(13,14)15;;;/h8H,3-7H2,1-2H3,(H,16,17,18);6H,3-5H2,1-2H3,(H,14,15,16);5H,3-4H2,1-2H3,(H,13,14,15);3*1H4/p-3. The number of esters is 6. The number of hydrogen-bond donors (Lipinski definition) is 0. The summed E-state index contributed by atoms with van der Waals surface area (Å²) >= 11 is 0. The van der Waals surface area contributed by atoms with Crippen LogP contribution >= 0.6 is 0 Å². The van der Waals surface area contributed by atoms with Crippen LogP contribution in [-0.4, -0.2) is 124 Å². The van der Waals surface area contributed by atoms with Crippen molar-refractivity contribution in [3.05, 3.63) is 0 Å². The highest BCUT2D eigenvalue weighted by Gasteiger charge is 2.50. The van der Waals surface area contributed by atoms with Gasteiger partial charge in [0.15, 0.2) is 30.4 Å². The molecule has 0 bridgehead atoms. The first kappa shape index (κ1) is 68.8. The van der Waals surface area contributed by atoms with Gasteiger partial charge in [0.05, 0.1) is 31.0 Å². The van der Waals surface area contributed by atoms with Crippen LogP contribution < -0.4 is 0 Å². The van der Waals surface area contributed by atoms with Crippen LogP contribution in [0, 0.1) is 17.8 Å². The normalized spacial score (nSPS) is 13.0. The number of unbranched alkanes of at least 4 members (excludes halogenated alkanes) is 1. The van der Waals surface area contributed by atoms with Crippen molar-refractivity contribution in [2.45, 2.75) is 112 Å². The van der Waals surface area contributed by atoms with Crippen LogP contribution in [0.4, 0.5) is 26.3 Å². The van der Waals surface area contributed by atoms with Crippen LogP contribution in [0.3, 0.4) is 0 Å². The van der Waals surface area contributed by atoms with Crippen molar-refractivity contribution in [1.29, 1.82) is 0 Å². The molecule has 0 spiro atoms. The first-order chi connectivity index (χ1) is 26.1. The molecule has 0 aliphatic heterocycles. The Morgan fingerprint density at radius 1 is 0.443 bits per heavy atom. The molecule has 0 aliphatic carbocycles. The Morgan fingerprint density at radius 2 is 0.672 bits per heavy atom. The quantitative estimate of drug-likeness (QED) is 0.0374. The van der Waals surface area contributed by atoms with Crippen LogP contribution in [0.2, 0.25) is 0 Å². The van der Waals surface area contributed by atoms with Gasteiger partial charge in [-0.3, -0.25) is 14.4 Å². The van der Waals surface area contributed by atoms with Crippen molar-refractivity contribution in [2.24, 2.45) is 17.8 Å². The van der Waals surface area contributed by atoms with Gasteiger partial charge in [0, 0.05) is 0 Å². The summed E-state index contributed by atoms with van der Waals surface area (Å²) in [6.07, 6.45) is 1.86. The fourth-order valence-corrected chi connectivity index (χ4v) is 3.23. The lowest BCUT2D eigenvalue weighted by atomic mass is 10.1. The summed E-state index contributed by atoms with van der Waals surface area (Å²) < 4.78 is 192. The lowest BCUT2D eigenvalue weighted by molar-refractivity contribution is -0.180. The van der Waals surface area contributed by atoms with Gasteiger partial charge in [-0.25, -0.2) is 39.6 Å². The summed E-state index contributed by atoms with van der Waals surface area (Å²) in [5.74, 6) is -10.5. The van der Waals surface area contributed by atoms with E-state index in [9.17, 15) is 94.0 Å². The number of carbonyl (C=O) groups is 6. The number of ether oxygens (including phenoxy) is 6. The van der Waals surface area contributed by atoms with E-state index in [4.69, 9.17) is 4.74 Å². The molecule has 0 saturated heterocycles. The largest absolute Gasteiger partial charge is 0.743 e. The van der Waals surface area contributed by atoms with Crippen molar-refractivity contribution in [2.75, 3.05) is 33.2 Å². The Balaban J connectivity index is -0.000000182. The summed E-state index contributed by atoms with van der Waals surface area (Å²) in [4.78, 5) is 65.4. The maximum absolute atomic E-state index is 12.7. The molecule has 30 heteroatoms. The number of alkyl halides is 6. The van der Waals surface area contributed by atoms with Crippen LogP contribution in [0.5, 0.6) is 0 Å². The average molecular weight is 972 g/mol. The zero-order valence-corrected chi connectivity index (χ0v) is 33.8. The first-order valence-corrected chi connectivity index (χ1v) is 20.3. The Kier molecular flexibility index (Phi) is 34.1. The highest BCUT2D eigenvalue weighted by molar-refractivity contribution is 7.88. The van der Waals surface area contributed by atoms with Gasteiger partial charge in [0.1, 0.15) is 13.2 Å². The van der Waals surface area contributed by atoms with Crippen LogP contribution in [0.15, 0.2) is 0 Å². The predicted molar refractivity (Wildman–Crippen MR) is 193 cm³/mol. The topological polar surface area (TPSA) is 329 Å². The van der Waals surface area contributed by atoms with E-state index in [-0.39, 0.29) is 47.6 Å². The molecule has 0 aliphatic rings. The van der Waals surface area contributed by atoms with Crippen LogP contribution in [0.1, 0.15) is 95.9 Å². The van der Waals surface area contributed by atoms with Crippen molar-refractivity contribution in [3.63, 3.8) is 0 Å². The maximum atomic E-state index is 12.7. The Labute approximate surface area is 350 Å². The SMILES string of the molecule is C.C.C.CCC(C)C(=O)OCCCCOC(=O)C(F)(F)S(=O)(=O)[O-].CCC(C)C(=O)OCCOC(=O)C(F)(F)S(=O)(=O)[O-].CCC(C)C(=O)OCOC(=O)C(F)(F)S(=O)(=O)[O-]. The van der Waals surface area contributed by atoms with E-state index in [0.717, 1.165) is 0 Å². The molecular formula is C31H53F6O21S3-3. The third kappa shape index (κ3) is 25.0. The van der Waals surface area contributed by atoms with Gasteiger partial charge in [-0.2, -0.15) is 26.3 Å². The molecule has 21 nitrogen and oxygen atoms in total. The van der Waals surface area contributed by atoms with E-state index >= 15 is 0 Å². The molecule has 0 N–H and O–H groups in total. The Hall–Kier alpha value is -3.87. The lowest BCUT2D eigenvalue weighted by Gasteiger charge is -2.18. The van der Waals surface area contributed by atoms with E-state index in [1.807, 2.05) is 6.92 Å². The van der Waals surface area contributed by atoms with Crippen molar-refractivity contribution in [3.8, 4) is 0 Å². The molecule has 0 aromatic heterocycles. The molecule has 0 saturated carbocycles. The van der Waals surface area contributed by atoms with E-state index in [2.05, 4.69) is 23.7 Å². The fourth-order valence-electron chi connectivity index (χ4n) is 2.44. The maximum Gasteiger partial charge on any atom is 0.429 e. The third-order valence-corrected chi connectivity index (χ3v) is 9.05. The molecule has 3 atom stereocenters. The Bertz CT molecular complexity index is 1710. The second-order valence-electron chi connectivity index (χ2n) is 11.2. The van der Waals surface area contributed by atoms with Crippen molar-refractivity contribution < 1.29 is 122 Å². The smallest absolute Gasteiger partial charge is 0.429 e.